The second-order valence-corrected chi connectivity index (χ2v) is 3.97. The van der Waals surface area contributed by atoms with Gasteiger partial charge in [0.1, 0.15) is 0 Å². The number of rotatable bonds is 4. The fourth-order valence-electron chi connectivity index (χ4n) is 1.95. The van der Waals surface area contributed by atoms with Crippen molar-refractivity contribution in [3.63, 3.8) is 0 Å². The van der Waals surface area contributed by atoms with Crippen LogP contribution >= 0.6 is 0 Å². The van der Waals surface area contributed by atoms with Gasteiger partial charge in [0, 0.05) is 6.61 Å². The number of aromatic carboxylic acids is 1. The van der Waals surface area contributed by atoms with E-state index in [2.05, 4.69) is 0 Å². The Bertz CT molecular complexity index is 600. The van der Waals surface area contributed by atoms with Crippen LogP contribution in [0.4, 0.5) is 0 Å². The molecule has 0 spiro atoms. The van der Waals surface area contributed by atoms with Crippen molar-refractivity contribution in [2.75, 3.05) is 6.61 Å². The van der Waals surface area contributed by atoms with Crippen molar-refractivity contribution in [2.24, 2.45) is 0 Å². The highest BCUT2D eigenvalue weighted by atomic mass is 16.4. The summed E-state index contributed by atoms with van der Waals surface area (Å²) in [5.41, 5.74) is 1.27. The third-order valence-corrected chi connectivity index (χ3v) is 2.78. The van der Waals surface area contributed by atoms with E-state index < -0.39 is 5.97 Å². The Morgan fingerprint density at radius 2 is 1.83 bits per heavy atom. The molecule has 0 aliphatic carbocycles. The van der Waals surface area contributed by atoms with Crippen LogP contribution in [0.15, 0.2) is 42.5 Å². The summed E-state index contributed by atoms with van der Waals surface area (Å²) in [6.07, 6.45) is 4.38. The highest BCUT2D eigenvalue weighted by molar-refractivity contribution is 6.05. The summed E-state index contributed by atoms with van der Waals surface area (Å²) in [5, 5.41) is 19.5. The number of fused-ring (bicyclic) bond motifs is 1. The highest BCUT2D eigenvalue weighted by Crippen LogP contribution is 2.23. The van der Waals surface area contributed by atoms with Crippen LogP contribution < -0.4 is 0 Å². The van der Waals surface area contributed by atoms with Crippen molar-refractivity contribution in [1.29, 1.82) is 0 Å². The quantitative estimate of drug-likeness (QED) is 0.866. The van der Waals surface area contributed by atoms with Gasteiger partial charge in [-0.25, -0.2) is 4.79 Å². The van der Waals surface area contributed by atoms with Gasteiger partial charge in [0.15, 0.2) is 0 Å². The van der Waals surface area contributed by atoms with Crippen molar-refractivity contribution in [2.45, 2.75) is 6.42 Å². The predicted octanol–water partition coefficient (Wildman–Crippen LogP) is 2.93. The maximum atomic E-state index is 11.1. The van der Waals surface area contributed by atoms with Gasteiger partial charge in [-0.15, -0.1) is 0 Å². The fraction of sp³-hybridized carbons (Fsp3) is 0.133. The molecule has 92 valence electrons. The van der Waals surface area contributed by atoms with Crippen LogP contribution in [0.5, 0.6) is 0 Å². The van der Waals surface area contributed by atoms with Crippen molar-refractivity contribution in [3.05, 3.63) is 53.6 Å². The summed E-state index contributed by atoms with van der Waals surface area (Å²) in [4.78, 5) is 11.1. The van der Waals surface area contributed by atoms with Gasteiger partial charge in [0.2, 0.25) is 0 Å². The van der Waals surface area contributed by atoms with E-state index in [0.29, 0.717) is 12.0 Å². The number of hydrogen-bond donors (Lipinski definition) is 2. The molecule has 2 rings (SSSR count). The lowest BCUT2D eigenvalue weighted by Gasteiger charge is -2.05. The lowest BCUT2D eigenvalue weighted by molar-refractivity contribution is 0.0699. The zero-order valence-electron chi connectivity index (χ0n) is 9.84. The van der Waals surface area contributed by atoms with Crippen LogP contribution in [0.1, 0.15) is 22.3 Å². The van der Waals surface area contributed by atoms with Gasteiger partial charge in [-0.2, -0.15) is 0 Å². The summed E-state index contributed by atoms with van der Waals surface area (Å²) < 4.78 is 0. The Morgan fingerprint density at radius 3 is 2.56 bits per heavy atom. The molecule has 0 radical (unpaired) electrons. The first-order chi connectivity index (χ1) is 8.74. The normalized spacial score (nSPS) is 11.2. The van der Waals surface area contributed by atoms with Gasteiger partial charge < -0.3 is 10.2 Å². The third kappa shape index (κ3) is 2.41. The molecular weight excluding hydrogens is 228 g/mol. The predicted molar refractivity (Wildman–Crippen MR) is 71.6 cm³/mol. The van der Waals surface area contributed by atoms with Crippen LogP contribution in [0, 0.1) is 0 Å². The summed E-state index contributed by atoms with van der Waals surface area (Å²) in [7, 11) is 0. The molecule has 2 aromatic carbocycles. The lowest BCUT2D eigenvalue weighted by Crippen LogP contribution is -1.97. The first-order valence-electron chi connectivity index (χ1n) is 5.76. The molecule has 2 N–H and O–H groups in total. The molecule has 2 aromatic rings. The second kappa shape index (κ2) is 5.47. The Labute approximate surface area is 105 Å². The standard InChI is InChI=1S/C15H14O3/c16-10-2-1-5-11-6-3-8-13-12(11)7-4-9-14(13)15(17)18/h1,3-9,16H,2,10H2,(H,17,18). The molecule has 3 nitrogen and oxygen atoms in total. The molecule has 18 heavy (non-hydrogen) atoms. The monoisotopic (exact) mass is 242 g/mol. The average molecular weight is 242 g/mol. The van der Waals surface area contributed by atoms with E-state index in [1.54, 1.807) is 12.1 Å². The largest absolute Gasteiger partial charge is 0.478 e. The van der Waals surface area contributed by atoms with E-state index >= 15 is 0 Å². The molecule has 0 amide bonds. The van der Waals surface area contributed by atoms with Crippen LogP contribution in [-0.4, -0.2) is 22.8 Å². The SMILES string of the molecule is O=C(O)c1cccc2c(C=CCCO)cccc12. The van der Waals surface area contributed by atoms with Gasteiger partial charge in [0.25, 0.3) is 0 Å². The van der Waals surface area contributed by atoms with Crippen molar-refractivity contribution in [1.82, 2.24) is 0 Å². The smallest absolute Gasteiger partial charge is 0.336 e. The van der Waals surface area contributed by atoms with Gasteiger partial charge in [-0.1, -0.05) is 42.5 Å². The van der Waals surface area contributed by atoms with Crippen LogP contribution in [0.2, 0.25) is 0 Å². The van der Waals surface area contributed by atoms with Gasteiger partial charge in [-0.05, 0) is 28.8 Å². The van der Waals surface area contributed by atoms with E-state index in [1.165, 1.54) is 0 Å². The van der Waals surface area contributed by atoms with E-state index in [1.807, 2.05) is 36.4 Å². The third-order valence-electron chi connectivity index (χ3n) is 2.78. The first kappa shape index (κ1) is 12.3. The zero-order chi connectivity index (χ0) is 13.0. The molecule has 0 bridgehead atoms. The highest BCUT2D eigenvalue weighted by Gasteiger charge is 2.08. The molecule has 0 fully saturated rings. The first-order valence-corrected chi connectivity index (χ1v) is 5.76. The van der Waals surface area contributed by atoms with Crippen molar-refractivity contribution >= 4 is 22.8 Å². The summed E-state index contributed by atoms with van der Waals surface area (Å²) in [6.45, 7) is 0.113. The number of aliphatic hydroxyl groups is 1. The molecule has 0 unspecified atom stereocenters. The Hall–Kier alpha value is -2.13. The minimum Gasteiger partial charge on any atom is -0.478 e. The molecule has 0 aliphatic heterocycles. The van der Waals surface area contributed by atoms with E-state index in [-0.39, 0.29) is 6.61 Å². The Kier molecular flexibility index (Phi) is 3.75. The molecule has 0 aromatic heterocycles. The molecule has 0 heterocycles. The van der Waals surface area contributed by atoms with Gasteiger partial charge in [-0.3, -0.25) is 0 Å². The van der Waals surface area contributed by atoms with Crippen LogP contribution in [0.25, 0.3) is 16.8 Å². The molecule has 0 saturated heterocycles. The van der Waals surface area contributed by atoms with E-state index in [4.69, 9.17) is 10.2 Å². The van der Waals surface area contributed by atoms with Crippen molar-refractivity contribution < 1.29 is 15.0 Å². The lowest BCUT2D eigenvalue weighted by atomic mass is 10.00. The molecule has 0 saturated carbocycles. The summed E-state index contributed by atoms with van der Waals surface area (Å²) in [5.74, 6) is -0.919. The Morgan fingerprint density at radius 1 is 1.11 bits per heavy atom. The van der Waals surface area contributed by atoms with Crippen molar-refractivity contribution in [3.8, 4) is 0 Å². The second-order valence-electron chi connectivity index (χ2n) is 3.97. The molecule has 0 aliphatic rings. The molecule has 3 heteroatoms. The summed E-state index contributed by atoms with van der Waals surface area (Å²) in [6, 6.07) is 10.8. The number of aliphatic hydroxyl groups excluding tert-OH is 1. The fourth-order valence-corrected chi connectivity index (χ4v) is 1.95. The molecule has 0 atom stereocenters. The number of benzene rings is 2. The minimum absolute atomic E-state index is 0.113. The van der Waals surface area contributed by atoms with E-state index in [0.717, 1.165) is 16.3 Å². The average Bonchev–Trinajstić information content (AvgIpc) is 2.38. The molecular formula is C15H14O3. The minimum atomic E-state index is -0.919. The Balaban J connectivity index is 2.56. The maximum absolute atomic E-state index is 11.1. The maximum Gasteiger partial charge on any atom is 0.336 e. The van der Waals surface area contributed by atoms with Gasteiger partial charge >= 0.3 is 5.97 Å². The van der Waals surface area contributed by atoms with Crippen LogP contribution in [0.3, 0.4) is 0 Å². The number of carboxylic acid groups (broad SMARTS) is 1. The summed E-state index contributed by atoms with van der Waals surface area (Å²) >= 11 is 0. The topological polar surface area (TPSA) is 57.5 Å². The zero-order valence-corrected chi connectivity index (χ0v) is 9.84. The number of hydrogen-bond acceptors (Lipinski definition) is 2. The van der Waals surface area contributed by atoms with Gasteiger partial charge in [0.05, 0.1) is 5.56 Å². The number of carbonyl (C=O) groups is 1. The van der Waals surface area contributed by atoms with E-state index in [9.17, 15) is 4.79 Å². The van der Waals surface area contributed by atoms with Crippen LogP contribution in [-0.2, 0) is 0 Å². The number of carboxylic acids is 1.